The lowest BCUT2D eigenvalue weighted by Gasteiger charge is -2.23. The second-order valence-corrected chi connectivity index (χ2v) is 5.20. The van der Waals surface area contributed by atoms with Crippen LogP contribution in [-0.2, 0) is 4.79 Å². The number of carbonyl (C=O) groups is 1. The molecule has 5 heteroatoms. The maximum absolute atomic E-state index is 11.8. The number of nitrogens with one attached hydrogen (secondary N) is 1. The van der Waals surface area contributed by atoms with Crippen LogP contribution in [0.25, 0.3) is 11.0 Å². The third-order valence-electron chi connectivity index (χ3n) is 3.15. The average molecular weight is 295 g/mol. The molecule has 0 radical (unpaired) electrons. The molecule has 2 aromatic rings. The Morgan fingerprint density at radius 1 is 1.47 bits per heavy atom. The number of hydrogen-bond acceptors (Lipinski definition) is 3. The quantitative estimate of drug-likeness (QED) is 0.924. The lowest BCUT2D eigenvalue weighted by atomic mass is 9.85. The van der Waals surface area contributed by atoms with E-state index in [1.807, 2.05) is 18.2 Å². The number of fused-ring (bicyclic) bond motifs is 1. The second kappa shape index (κ2) is 4.14. The molecule has 4 nitrogen and oxygen atoms in total. The molecule has 0 spiro atoms. The van der Waals surface area contributed by atoms with Crippen molar-refractivity contribution in [2.75, 3.05) is 5.32 Å². The minimum atomic E-state index is 0.0476. The molecule has 0 atom stereocenters. The number of halogens is 1. The fourth-order valence-corrected chi connectivity index (χ4v) is 2.25. The number of rotatable bonds is 2. The van der Waals surface area contributed by atoms with Crippen molar-refractivity contribution in [1.82, 2.24) is 5.16 Å². The number of aromatic nitrogens is 1. The van der Waals surface area contributed by atoms with Gasteiger partial charge in [-0.25, -0.2) is 0 Å². The molecule has 1 aliphatic carbocycles. The van der Waals surface area contributed by atoms with Crippen LogP contribution in [0.4, 0.5) is 5.82 Å². The van der Waals surface area contributed by atoms with Gasteiger partial charge >= 0.3 is 0 Å². The van der Waals surface area contributed by atoms with E-state index in [0.717, 1.165) is 29.1 Å². The molecule has 0 bridgehead atoms. The molecule has 1 N–H and O–H groups in total. The Hall–Kier alpha value is -1.36. The maximum Gasteiger partial charge on any atom is 0.228 e. The van der Waals surface area contributed by atoms with Crippen LogP contribution in [0.3, 0.4) is 0 Å². The van der Waals surface area contributed by atoms with Crippen LogP contribution in [0.5, 0.6) is 0 Å². The number of hydrogen-bond donors (Lipinski definition) is 1. The molecule has 0 saturated heterocycles. The number of anilines is 1. The van der Waals surface area contributed by atoms with Crippen molar-refractivity contribution in [2.45, 2.75) is 19.3 Å². The highest BCUT2D eigenvalue weighted by atomic mass is 79.9. The highest BCUT2D eigenvalue weighted by Crippen LogP contribution is 2.30. The zero-order valence-electron chi connectivity index (χ0n) is 9.07. The first-order valence-electron chi connectivity index (χ1n) is 5.60. The SMILES string of the molecule is O=C(Nc1noc2ccc(Br)cc12)C1CCC1. The van der Waals surface area contributed by atoms with Gasteiger partial charge in [0.15, 0.2) is 11.4 Å². The molecule has 1 saturated carbocycles. The van der Waals surface area contributed by atoms with E-state index >= 15 is 0 Å². The number of nitrogens with zero attached hydrogens (tertiary/aromatic N) is 1. The van der Waals surface area contributed by atoms with Crippen LogP contribution >= 0.6 is 15.9 Å². The number of amides is 1. The Morgan fingerprint density at radius 2 is 2.29 bits per heavy atom. The summed E-state index contributed by atoms with van der Waals surface area (Å²) < 4.78 is 6.09. The summed E-state index contributed by atoms with van der Waals surface area (Å²) in [5.74, 6) is 0.707. The molecule has 1 amide bonds. The molecule has 1 aromatic heterocycles. The standard InChI is InChI=1S/C12H11BrN2O2/c13-8-4-5-10-9(6-8)11(15-17-10)14-12(16)7-2-1-3-7/h4-7H,1-3H2,(H,14,15,16). The summed E-state index contributed by atoms with van der Waals surface area (Å²) in [5.41, 5.74) is 0.678. The lowest BCUT2D eigenvalue weighted by Crippen LogP contribution is -2.28. The fraction of sp³-hybridized carbons (Fsp3) is 0.333. The van der Waals surface area contributed by atoms with E-state index < -0.39 is 0 Å². The van der Waals surface area contributed by atoms with Crippen molar-refractivity contribution in [3.63, 3.8) is 0 Å². The Kier molecular flexibility index (Phi) is 2.63. The Bertz CT molecular complexity index is 575. The van der Waals surface area contributed by atoms with Gasteiger partial charge in [-0.3, -0.25) is 4.79 Å². The van der Waals surface area contributed by atoms with Gasteiger partial charge in [0.2, 0.25) is 5.91 Å². The molecule has 1 heterocycles. The summed E-state index contributed by atoms with van der Waals surface area (Å²) in [7, 11) is 0. The highest BCUT2D eigenvalue weighted by Gasteiger charge is 2.26. The minimum Gasteiger partial charge on any atom is -0.354 e. The van der Waals surface area contributed by atoms with Gasteiger partial charge in [0.05, 0.1) is 5.39 Å². The largest absolute Gasteiger partial charge is 0.354 e. The molecular weight excluding hydrogens is 284 g/mol. The molecular formula is C12H11BrN2O2. The van der Waals surface area contributed by atoms with E-state index in [1.165, 1.54) is 0 Å². The van der Waals surface area contributed by atoms with Gasteiger partial charge in [-0.1, -0.05) is 27.5 Å². The summed E-state index contributed by atoms with van der Waals surface area (Å²) >= 11 is 3.39. The van der Waals surface area contributed by atoms with Crippen LogP contribution < -0.4 is 5.32 Å². The van der Waals surface area contributed by atoms with Crippen molar-refractivity contribution < 1.29 is 9.32 Å². The molecule has 88 valence electrons. The number of carbonyl (C=O) groups excluding carboxylic acids is 1. The minimum absolute atomic E-state index is 0.0476. The van der Waals surface area contributed by atoms with Gasteiger partial charge in [0.1, 0.15) is 0 Å². The normalized spacial score (nSPS) is 15.8. The second-order valence-electron chi connectivity index (χ2n) is 4.29. The Morgan fingerprint density at radius 3 is 3.00 bits per heavy atom. The molecule has 0 aliphatic heterocycles. The topological polar surface area (TPSA) is 55.1 Å². The van der Waals surface area contributed by atoms with Crippen LogP contribution in [0.15, 0.2) is 27.2 Å². The van der Waals surface area contributed by atoms with Gasteiger partial charge in [0.25, 0.3) is 0 Å². The van der Waals surface area contributed by atoms with Crippen molar-refractivity contribution >= 4 is 38.6 Å². The monoisotopic (exact) mass is 294 g/mol. The molecule has 3 rings (SSSR count). The van der Waals surface area contributed by atoms with Crippen LogP contribution in [0.1, 0.15) is 19.3 Å². The zero-order valence-corrected chi connectivity index (χ0v) is 10.7. The first-order chi connectivity index (χ1) is 8.24. The highest BCUT2D eigenvalue weighted by molar-refractivity contribution is 9.10. The number of benzene rings is 1. The molecule has 1 aliphatic rings. The van der Waals surface area contributed by atoms with Crippen molar-refractivity contribution in [3.05, 3.63) is 22.7 Å². The van der Waals surface area contributed by atoms with E-state index in [1.54, 1.807) is 0 Å². The van der Waals surface area contributed by atoms with Crippen molar-refractivity contribution in [2.24, 2.45) is 5.92 Å². The Balaban J connectivity index is 1.89. The molecule has 1 aromatic carbocycles. The van der Waals surface area contributed by atoms with Gasteiger partial charge in [-0.15, -0.1) is 0 Å². The van der Waals surface area contributed by atoms with E-state index in [9.17, 15) is 4.79 Å². The molecule has 1 fully saturated rings. The smallest absolute Gasteiger partial charge is 0.228 e. The van der Waals surface area contributed by atoms with Crippen molar-refractivity contribution in [3.8, 4) is 0 Å². The lowest BCUT2D eigenvalue weighted by molar-refractivity contribution is -0.122. The van der Waals surface area contributed by atoms with Crippen LogP contribution in [0.2, 0.25) is 0 Å². The van der Waals surface area contributed by atoms with Crippen molar-refractivity contribution in [1.29, 1.82) is 0 Å². The first kappa shape index (κ1) is 10.8. The fourth-order valence-electron chi connectivity index (χ4n) is 1.89. The maximum atomic E-state index is 11.8. The summed E-state index contributed by atoms with van der Waals surface area (Å²) in [6, 6.07) is 5.60. The van der Waals surface area contributed by atoms with Crippen LogP contribution in [-0.4, -0.2) is 11.1 Å². The predicted octanol–water partition coefficient (Wildman–Crippen LogP) is 3.33. The van der Waals surface area contributed by atoms with E-state index in [-0.39, 0.29) is 11.8 Å². The summed E-state index contributed by atoms with van der Waals surface area (Å²) in [6.45, 7) is 0. The van der Waals surface area contributed by atoms with Gasteiger partial charge in [0, 0.05) is 10.4 Å². The van der Waals surface area contributed by atoms with Gasteiger partial charge in [-0.2, -0.15) is 0 Å². The summed E-state index contributed by atoms with van der Waals surface area (Å²) in [4.78, 5) is 11.8. The predicted molar refractivity (Wildman–Crippen MR) is 67.7 cm³/mol. The van der Waals surface area contributed by atoms with Crippen LogP contribution in [0, 0.1) is 5.92 Å². The first-order valence-corrected chi connectivity index (χ1v) is 6.39. The summed E-state index contributed by atoms with van der Waals surface area (Å²) in [6.07, 6.45) is 3.10. The third kappa shape index (κ3) is 1.95. The third-order valence-corrected chi connectivity index (χ3v) is 3.64. The van der Waals surface area contributed by atoms with Gasteiger partial charge < -0.3 is 9.84 Å². The zero-order chi connectivity index (χ0) is 11.8. The average Bonchev–Trinajstić information content (AvgIpc) is 2.58. The Labute approximate surface area is 106 Å². The van der Waals surface area contributed by atoms with E-state index in [4.69, 9.17) is 4.52 Å². The van der Waals surface area contributed by atoms with E-state index in [2.05, 4.69) is 26.4 Å². The van der Waals surface area contributed by atoms with E-state index in [0.29, 0.717) is 11.4 Å². The van der Waals surface area contributed by atoms with Gasteiger partial charge in [-0.05, 0) is 31.0 Å². The molecule has 17 heavy (non-hydrogen) atoms. The summed E-state index contributed by atoms with van der Waals surface area (Å²) in [5, 5.41) is 7.54. The molecule has 0 unspecified atom stereocenters.